The number of carbonyl (C=O) groups is 1. The molecule has 0 atom stereocenters. The predicted octanol–water partition coefficient (Wildman–Crippen LogP) is 1.32. The number of urea groups is 1. The van der Waals surface area contributed by atoms with Crippen molar-refractivity contribution in [1.82, 2.24) is 10.2 Å². The predicted molar refractivity (Wildman–Crippen MR) is 52.9 cm³/mol. The van der Waals surface area contributed by atoms with E-state index in [0.29, 0.717) is 19.4 Å². The van der Waals surface area contributed by atoms with Crippen LogP contribution in [0, 0.1) is 0 Å². The molecule has 0 radical (unpaired) electrons. The Kier molecular flexibility index (Phi) is 3.24. The van der Waals surface area contributed by atoms with Gasteiger partial charge in [-0.25, -0.2) is 4.79 Å². The molecule has 0 aromatic heterocycles. The van der Waals surface area contributed by atoms with Crippen LogP contribution >= 0.6 is 0 Å². The van der Waals surface area contributed by atoms with Crippen molar-refractivity contribution in [2.75, 3.05) is 19.9 Å². The van der Waals surface area contributed by atoms with Gasteiger partial charge < -0.3 is 10.1 Å². The number of nitrogens with one attached hydrogen (secondary N) is 1. The lowest BCUT2D eigenvalue weighted by atomic mass is 9.96. The molecule has 0 spiro atoms. The summed E-state index contributed by atoms with van der Waals surface area (Å²) in [7, 11) is 0. The molecule has 1 N–H and O–H groups in total. The van der Waals surface area contributed by atoms with Gasteiger partial charge in [-0.3, -0.25) is 4.90 Å². The highest BCUT2D eigenvalue weighted by molar-refractivity contribution is 5.74. The quantitative estimate of drug-likeness (QED) is 0.690. The molecule has 1 aliphatic carbocycles. The van der Waals surface area contributed by atoms with Crippen LogP contribution in [0.3, 0.4) is 0 Å². The summed E-state index contributed by atoms with van der Waals surface area (Å²) < 4.78 is 5.13. The lowest BCUT2D eigenvalue weighted by Gasteiger charge is -2.25. The molecule has 0 bridgehead atoms. The number of hydrogen-bond acceptors (Lipinski definition) is 2. The highest BCUT2D eigenvalue weighted by Gasteiger charge is 2.22. The molecule has 1 heterocycles. The summed E-state index contributed by atoms with van der Waals surface area (Å²) in [4.78, 5) is 13.4. The fraction of sp³-hybridized carbons (Fsp3) is 0.900. The monoisotopic (exact) mass is 198 g/mol. The first-order valence-electron chi connectivity index (χ1n) is 5.49. The second kappa shape index (κ2) is 4.64. The van der Waals surface area contributed by atoms with Crippen molar-refractivity contribution in [2.24, 2.45) is 0 Å². The van der Waals surface area contributed by atoms with Crippen molar-refractivity contribution in [3.05, 3.63) is 0 Å². The third-order valence-electron chi connectivity index (χ3n) is 2.97. The minimum atomic E-state index is 0.0504. The van der Waals surface area contributed by atoms with Crippen LogP contribution in [0.4, 0.5) is 4.79 Å². The third kappa shape index (κ3) is 2.38. The maximum atomic E-state index is 11.6. The van der Waals surface area contributed by atoms with Crippen molar-refractivity contribution in [2.45, 2.75) is 38.1 Å². The van der Waals surface area contributed by atoms with Gasteiger partial charge in [0.15, 0.2) is 0 Å². The molecule has 80 valence electrons. The van der Waals surface area contributed by atoms with Gasteiger partial charge in [0.1, 0.15) is 6.73 Å². The van der Waals surface area contributed by atoms with Gasteiger partial charge in [-0.1, -0.05) is 19.3 Å². The van der Waals surface area contributed by atoms with E-state index in [0.717, 1.165) is 19.4 Å². The summed E-state index contributed by atoms with van der Waals surface area (Å²) in [6.07, 6.45) is 6.10. The molecule has 2 fully saturated rings. The largest absolute Gasteiger partial charge is 0.359 e. The molecular weight excluding hydrogens is 180 g/mol. The normalized spacial score (nSPS) is 23.9. The van der Waals surface area contributed by atoms with Crippen LogP contribution < -0.4 is 5.32 Å². The Morgan fingerprint density at radius 1 is 1.29 bits per heavy atom. The van der Waals surface area contributed by atoms with Crippen molar-refractivity contribution < 1.29 is 9.53 Å². The summed E-state index contributed by atoms with van der Waals surface area (Å²) in [6, 6.07) is 0.450. The number of nitrogens with zero attached hydrogens (tertiary/aromatic N) is 1. The molecule has 0 aromatic carbocycles. The lowest BCUT2D eigenvalue weighted by molar-refractivity contribution is 0.141. The first-order chi connectivity index (χ1) is 6.86. The van der Waals surface area contributed by atoms with Crippen molar-refractivity contribution in [1.29, 1.82) is 0 Å². The molecule has 14 heavy (non-hydrogen) atoms. The number of amides is 2. The molecule has 0 aromatic rings. The summed E-state index contributed by atoms with van der Waals surface area (Å²) in [5.74, 6) is 0. The van der Waals surface area contributed by atoms with Gasteiger partial charge >= 0.3 is 6.03 Å². The molecule has 2 amide bonds. The van der Waals surface area contributed by atoms with E-state index < -0.39 is 0 Å². The maximum absolute atomic E-state index is 11.6. The van der Waals surface area contributed by atoms with E-state index in [1.807, 2.05) is 0 Å². The van der Waals surface area contributed by atoms with Gasteiger partial charge in [0.2, 0.25) is 0 Å². The second-order valence-corrected chi connectivity index (χ2v) is 4.09. The first kappa shape index (κ1) is 9.77. The number of rotatable bonds is 1. The van der Waals surface area contributed by atoms with Gasteiger partial charge in [0, 0.05) is 12.6 Å². The summed E-state index contributed by atoms with van der Waals surface area (Å²) in [5, 5.41) is 3.07. The molecule has 2 rings (SSSR count). The van der Waals surface area contributed by atoms with Gasteiger partial charge in [-0.05, 0) is 12.8 Å². The fourth-order valence-electron chi connectivity index (χ4n) is 2.09. The third-order valence-corrected chi connectivity index (χ3v) is 2.97. The number of carbonyl (C=O) groups excluding carboxylic acids is 1. The van der Waals surface area contributed by atoms with E-state index in [1.54, 1.807) is 4.90 Å². The summed E-state index contributed by atoms with van der Waals surface area (Å²) >= 11 is 0. The molecule has 1 saturated carbocycles. The fourth-order valence-corrected chi connectivity index (χ4v) is 2.09. The lowest BCUT2D eigenvalue weighted by Crippen LogP contribution is -2.44. The maximum Gasteiger partial charge on any atom is 0.319 e. The van der Waals surface area contributed by atoms with Crippen LogP contribution in [0.5, 0.6) is 0 Å². The highest BCUT2D eigenvalue weighted by Crippen LogP contribution is 2.17. The average molecular weight is 198 g/mol. The van der Waals surface area contributed by atoms with E-state index in [-0.39, 0.29) is 6.03 Å². The van der Waals surface area contributed by atoms with Crippen LogP contribution in [0.25, 0.3) is 0 Å². The van der Waals surface area contributed by atoms with E-state index in [1.165, 1.54) is 19.3 Å². The summed E-state index contributed by atoms with van der Waals surface area (Å²) in [5.41, 5.74) is 0. The second-order valence-electron chi connectivity index (χ2n) is 4.09. The molecular formula is C10H18N2O2. The van der Waals surface area contributed by atoms with Gasteiger partial charge in [0.25, 0.3) is 0 Å². The van der Waals surface area contributed by atoms with Crippen molar-refractivity contribution in [3.8, 4) is 0 Å². The Labute approximate surface area is 84.6 Å². The van der Waals surface area contributed by atoms with E-state index in [4.69, 9.17) is 4.74 Å². The molecule has 2 aliphatic rings. The Morgan fingerprint density at radius 3 is 2.71 bits per heavy atom. The van der Waals surface area contributed by atoms with Crippen molar-refractivity contribution in [3.63, 3.8) is 0 Å². The van der Waals surface area contributed by atoms with E-state index in [9.17, 15) is 4.79 Å². The Morgan fingerprint density at radius 2 is 2.07 bits per heavy atom. The SMILES string of the molecule is O=C(NC1CCCCC1)N1CCOC1. The average Bonchev–Trinajstić information content (AvgIpc) is 2.72. The smallest absolute Gasteiger partial charge is 0.319 e. The molecule has 1 aliphatic heterocycles. The number of hydrogen-bond donors (Lipinski definition) is 1. The van der Waals surface area contributed by atoms with Gasteiger partial charge in [-0.15, -0.1) is 0 Å². The minimum absolute atomic E-state index is 0.0504. The minimum Gasteiger partial charge on any atom is -0.359 e. The van der Waals surface area contributed by atoms with Gasteiger partial charge in [0.05, 0.1) is 6.61 Å². The van der Waals surface area contributed by atoms with Gasteiger partial charge in [-0.2, -0.15) is 0 Å². The van der Waals surface area contributed by atoms with E-state index >= 15 is 0 Å². The van der Waals surface area contributed by atoms with Crippen LogP contribution in [0.2, 0.25) is 0 Å². The zero-order chi connectivity index (χ0) is 9.80. The Hall–Kier alpha value is -0.770. The molecule has 0 unspecified atom stereocenters. The Balaban J connectivity index is 1.75. The summed E-state index contributed by atoms with van der Waals surface area (Å²) in [6.45, 7) is 1.87. The van der Waals surface area contributed by atoms with Crippen LogP contribution in [0.15, 0.2) is 0 Å². The highest BCUT2D eigenvalue weighted by atomic mass is 16.5. The van der Waals surface area contributed by atoms with Crippen LogP contribution in [-0.2, 0) is 4.74 Å². The van der Waals surface area contributed by atoms with E-state index in [2.05, 4.69) is 5.32 Å². The van der Waals surface area contributed by atoms with Crippen LogP contribution in [0.1, 0.15) is 32.1 Å². The zero-order valence-electron chi connectivity index (χ0n) is 8.50. The first-order valence-corrected chi connectivity index (χ1v) is 5.49. The topological polar surface area (TPSA) is 41.6 Å². The standard InChI is InChI=1S/C10H18N2O2/c13-10(12-6-7-14-8-12)11-9-4-2-1-3-5-9/h9H,1-8H2,(H,11,13). The number of ether oxygens (including phenoxy) is 1. The van der Waals surface area contributed by atoms with Crippen molar-refractivity contribution >= 4 is 6.03 Å². The molecule has 4 heteroatoms. The molecule has 1 saturated heterocycles. The molecule has 4 nitrogen and oxygen atoms in total. The van der Waals surface area contributed by atoms with Crippen LogP contribution in [-0.4, -0.2) is 36.9 Å². The zero-order valence-corrected chi connectivity index (χ0v) is 8.50. The Bertz CT molecular complexity index is 196.